The average molecular weight is 550 g/mol. The van der Waals surface area contributed by atoms with Crippen LogP contribution in [-0.4, -0.2) is 58.1 Å². The number of carboxylic acid groups (broad SMARTS) is 1. The zero-order valence-corrected chi connectivity index (χ0v) is 21.3. The molecular weight excluding hydrogens is 526 g/mol. The maximum Gasteiger partial charge on any atom is 0.412 e. The number of pyridine rings is 1. The Labute approximate surface area is 228 Å². The summed E-state index contributed by atoms with van der Waals surface area (Å²) in [6, 6.07) is 16.2. The number of hydrogen-bond acceptors (Lipinski definition) is 6. The van der Waals surface area contributed by atoms with Gasteiger partial charge in [-0.3, -0.25) is 20.2 Å². The van der Waals surface area contributed by atoms with Gasteiger partial charge in [0.2, 0.25) is 5.91 Å². The Hall–Kier alpha value is -4.64. The van der Waals surface area contributed by atoms with Crippen LogP contribution in [0.3, 0.4) is 0 Å². The first-order chi connectivity index (χ1) is 18.7. The molecule has 1 saturated heterocycles. The standard InChI is InChI=1S/C27H24ClN5O6/c28-17-6-8-20-19(13-17)27(39-26(38)32-20)10-11-33(15-27)24(35)22(12-16-4-2-1-3-5-16)31-23(34)21-9-7-18(14-29-21)30-25(36)37/h1-9,13-14,22,30H,10-12,15H2,(H,31,34)(H,32,38)(H,36,37)/t22-,27?/m0/s1. The van der Waals surface area contributed by atoms with Crippen molar-refractivity contribution >= 4 is 47.0 Å². The Kier molecular flexibility index (Phi) is 7.07. The maximum atomic E-state index is 13.8. The highest BCUT2D eigenvalue weighted by molar-refractivity contribution is 6.30. The van der Waals surface area contributed by atoms with Crippen molar-refractivity contribution < 1.29 is 29.0 Å². The first-order valence-corrected chi connectivity index (χ1v) is 12.5. The fraction of sp³-hybridized carbons (Fsp3) is 0.222. The number of fused-ring (bicyclic) bond motifs is 2. The van der Waals surface area contributed by atoms with Gasteiger partial charge < -0.3 is 20.1 Å². The van der Waals surface area contributed by atoms with E-state index in [1.165, 1.54) is 18.3 Å². The number of amides is 4. The SMILES string of the molecule is O=C(O)Nc1ccc(C(=O)N[C@@H](Cc2ccccc2)C(=O)N2CCC3(C2)OC(=O)Nc2ccc(Cl)cc23)nc1. The van der Waals surface area contributed by atoms with Gasteiger partial charge in [0, 0.05) is 30.0 Å². The van der Waals surface area contributed by atoms with Gasteiger partial charge in [0.25, 0.3) is 5.91 Å². The first kappa shape index (κ1) is 26.0. The van der Waals surface area contributed by atoms with Crippen molar-refractivity contribution in [2.75, 3.05) is 23.7 Å². The lowest BCUT2D eigenvalue weighted by Gasteiger charge is -2.35. The molecule has 1 aromatic heterocycles. The van der Waals surface area contributed by atoms with Crippen LogP contribution in [0.4, 0.5) is 21.0 Å². The number of ether oxygens (including phenoxy) is 1. The molecule has 200 valence electrons. The van der Waals surface area contributed by atoms with Crippen LogP contribution < -0.4 is 16.0 Å². The number of benzene rings is 2. The van der Waals surface area contributed by atoms with E-state index in [0.29, 0.717) is 29.2 Å². The molecule has 0 saturated carbocycles. The number of carbonyl (C=O) groups is 4. The van der Waals surface area contributed by atoms with Crippen molar-refractivity contribution in [1.82, 2.24) is 15.2 Å². The molecule has 0 aliphatic carbocycles. The van der Waals surface area contributed by atoms with Crippen molar-refractivity contribution in [3.05, 3.63) is 88.7 Å². The summed E-state index contributed by atoms with van der Waals surface area (Å²) in [6.45, 7) is 0.397. The lowest BCUT2D eigenvalue weighted by atomic mass is 9.90. The van der Waals surface area contributed by atoms with Crippen molar-refractivity contribution in [1.29, 1.82) is 0 Å². The van der Waals surface area contributed by atoms with Crippen molar-refractivity contribution in [2.24, 2.45) is 0 Å². The molecule has 2 atom stereocenters. The maximum absolute atomic E-state index is 13.8. The number of aromatic nitrogens is 1. The molecule has 5 rings (SSSR count). The van der Waals surface area contributed by atoms with Crippen LogP contribution in [0, 0.1) is 0 Å². The zero-order valence-electron chi connectivity index (χ0n) is 20.5. The van der Waals surface area contributed by atoms with Gasteiger partial charge >= 0.3 is 12.2 Å². The molecule has 12 heteroatoms. The summed E-state index contributed by atoms with van der Waals surface area (Å²) in [5, 5.41) is 16.9. The van der Waals surface area contributed by atoms with Crippen LogP contribution in [0.1, 0.15) is 28.0 Å². The van der Waals surface area contributed by atoms with Crippen LogP contribution in [0.2, 0.25) is 5.02 Å². The summed E-state index contributed by atoms with van der Waals surface area (Å²) in [7, 11) is 0. The molecule has 2 aliphatic rings. The Morgan fingerprint density at radius 2 is 1.95 bits per heavy atom. The second-order valence-corrected chi connectivity index (χ2v) is 9.72. The highest BCUT2D eigenvalue weighted by Gasteiger charge is 2.49. The van der Waals surface area contributed by atoms with Gasteiger partial charge in [0.05, 0.1) is 24.1 Å². The minimum absolute atomic E-state index is 0.0190. The number of anilines is 2. The molecule has 1 unspecified atom stereocenters. The molecule has 4 amide bonds. The molecule has 39 heavy (non-hydrogen) atoms. The number of nitrogens with zero attached hydrogens (tertiary/aromatic N) is 2. The number of halogens is 1. The molecule has 0 radical (unpaired) electrons. The van der Waals surface area contributed by atoms with Gasteiger partial charge in [-0.2, -0.15) is 0 Å². The summed E-state index contributed by atoms with van der Waals surface area (Å²) in [5.41, 5.74) is 1.26. The summed E-state index contributed by atoms with van der Waals surface area (Å²) in [4.78, 5) is 55.6. The molecule has 2 aliphatic heterocycles. The number of rotatable bonds is 6. The quantitative estimate of drug-likeness (QED) is 0.364. The average Bonchev–Trinajstić information content (AvgIpc) is 3.33. The predicted octanol–water partition coefficient (Wildman–Crippen LogP) is 3.86. The summed E-state index contributed by atoms with van der Waals surface area (Å²) in [6.07, 6.45) is -0.0621. The molecule has 1 fully saturated rings. The smallest absolute Gasteiger partial charge is 0.412 e. The summed E-state index contributed by atoms with van der Waals surface area (Å²) < 4.78 is 5.74. The van der Waals surface area contributed by atoms with Gasteiger partial charge in [0.15, 0.2) is 5.60 Å². The van der Waals surface area contributed by atoms with Crippen LogP contribution in [0.25, 0.3) is 0 Å². The molecule has 0 bridgehead atoms. The molecular formula is C27H24ClN5O6. The van der Waals surface area contributed by atoms with Gasteiger partial charge in [0.1, 0.15) is 11.7 Å². The second-order valence-electron chi connectivity index (χ2n) is 9.29. The van der Waals surface area contributed by atoms with Crippen LogP contribution >= 0.6 is 11.6 Å². The summed E-state index contributed by atoms with van der Waals surface area (Å²) in [5.74, 6) is -0.933. The van der Waals surface area contributed by atoms with E-state index in [9.17, 15) is 19.2 Å². The third-order valence-electron chi connectivity index (χ3n) is 6.67. The normalized spacial score (nSPS) is 18.5. The predicted molar refractivity (Wildman–Crippen MR) is 142 cm³/mol. The van der Waals surface area contributed by atoms with E-state index < -0.39 is 29.7 Å². The van der Waals surface area contributed by atoms with Crippen molar-refractivity contribution in [3.8, 4) is 0 Å². The molecule has 11 nitrogen and oxygen atoms in total. The monoisotopic (exact) mass is 549 g/mol. The third kappa shape index (κ3) is 5.63. The number of hydrogen-bond donors (Lipinski definition) is 4. The topological polar surface area (TPSA) is 150 Å². The fourth-order valence-electron chi connectivity index (χ4n) is 4.87. The Balaban J connectivity index is 1.37. The summed E-state index contributed by atoms with van der Waals surface area (Å²) >= 11 is 6.23. The lowest BCUT2D eigenvalue weighted by molar-refractivity contribution is -0.133. The zero-order chi connectivity index (χ0) is 27.6. The van der Waals surface area contributed by atoms with Crippen LogP contribution in [0.5, 0.6) is 0 Å². The van der Waals surface area contributed by atoms with Gasteiger partial charge in [-0.25, -0.2) is 14.6 Å². The number of nitrogens with one attached hydrogen (secondary N) is 3. The molecule has 1 spiro atoms. The van der Waals surface area contributed by atoms with E-state index in [1.807, 2.05) is 30.3 Å². The Morgan fingerprint density at radius 1 is 1.15 bits per heavy atom. The third-order valence-corrected chi connectivity index (χ3v) is 6.91. The lowest BCUT2D eigenvalue weighted by Crippen LogP contribution is -2.50. The Morgan fingerprint density at radius 3 is 2.67 bits per heavy atom. The number of carbonyl (C=O) groups excluding carboxylic acids is 3. The van der Waals surface area contributed by atoms with E-state index in [1.54, 1.807) is 23.1 Å². The van der Waals surface area contributed by atoms with E-state index in [2.05, 4.69) is 20.9 Å². The molecule has 2 aromatic carbocycles. The Bertz CT molecular complexity index is 1430. The second kappa shape index (κ2) is 10.6. The van der Waals surface area contributed by atoms with Crippen LogP contribution in [-0.2, 0) is 21.6 Å². The van der Waals surface area contributed by atoms with Crippen molar-refractivity contribution in [3.63, 3.8) is 0 Å². The van der Waals surface area contributed by atoms with Gasteiger partial charge in [-0.15, -0.1) is 0 Å². The fourth-order valence-corrected chi connectivity index (χ4v) is 5.04. The number of likely N-dealkylation sites (tertiary alicyclic amines) is 1. The first-order valence-electron chi connectivity index (χ1n) is 12.1. The van der Waals surface area contributed by atoms with Gasteiger partial charge in [-0.1, -0.05) is 41.9 Å². The van der Waals surface area contributed by atoms with Gasteiger partial charge in [-0.05, 0) is 35.9 Å². The highest BCUT2D eigenvalue weighted by atomic mass is 35.5. The van der Waals surface area contributed by atoms with Crippen molar-refractivity contribution in [2.45, 2.75) is 24.5 Å². The minimum atomic E-state index is -1.25. The molecule has 3 heterocycles. The van der Waals surface area contributed by atoms with E-state index in [0.717, 1.165) is 5.56 Å². The minimum Gasteiger partial charge on any atom is -0.465 e. The largest absolute Gasteiger partial charge is 0.465 e. The van der Waals surface area contributed by atoms with E-state index >= 15 is 0 Å². The van der Waals surface area contributed by atoms with Crippen LogP contribution in [0.15, 0.2) is 66.9 Å². The van der Waals surface area contributed by atoms with E-state index in [4.69, 9.17) is 21.4 Å². The molecule has 3 aromatic rings. The van der Waals surface area contributed by atoms with E-state index in [-0.39, 0.29) is 30.3 Å². The highest BCUT2D eigenvalue weighted by Crippen LogP contribution is 2.43. The molecule has 4 N–H and O–H groups in total.